The number of hydrogen-bond donors (Lipinski definition) is 1. The van der Waals surface area contributed by atoms with Gasteiger partial charge in [-0.25, -0.2) is 4.98 Å². The van der Waals surface area contributed by atoms with E-state index in [1.54, 1.807) is 7.11 Å². The summed E-state index contributed by atoms with van der Waals surface area (Å²) >= 11 is 0. The van der Waals surface area contributed by atoms with Crippen molar-refractivity contribution >= 4 is 16.9 Å². The van der Waals surface area contributed by atoms with Crippen molar-refractivity contribution in [2.24, 2.45) is 0 Å². The first-order valence-electron chi connectivity index (χ1n) is 11.6. The minimum Gasteiger partial charge on any atom is -0.497 e. The molecule has 0 aliphatic heterocycles. The number of fused-ring (bicyclic) bond motifs is 1. The molecule has 1 heterocycles. The van der Waals surface area contributed by atoms with Crippen LogP contribution in [0.1, 0.15) is 33.7 Å². The summed E-state index contributed by atoms with van der Waals surface area (Å²) in [5.41, 5.74) is 4.92. The third kappa shape index (κ3) is 5.57. The zero-order chi connectivity index (χ0) is 23.9. The molecule has 0 aliphatic carbocycles. The Hall–Kier alpha value is -3.80. The van der Waals surface area contributed by atoms with Gasteiger partial charge in [-0.15, -0.1) is 0 Å². The van der Waals surface area contributed by atoms with Crippen LogP contribution in [-0.4, -0.2) is 35.7 Å². The Morgan fingerprint density at radius 3 is 2.53 bits per heavy atom. The van der Waals surface area contributed by atoms with E-state index in [-0.39, 0.29) is 5.91 Å². The molecule has 34 heavy (non-hydrogen) atoms. The molecule has 4 rings (SSSR count). The first-order chi connectivity index (χ1) is 16.5. The van der Waals surface area contributed by atoms with Crippen LogP contribution >= 0.6 is 0 Å². The molecule has 1 aromatic heterocycles. The number of aryl methyl sites for hydroxylation is 3. The number of ether oxygens (including phenoxy) is 2. The maximum absolute atomic E-state index is 12.6. The van der Waals surface area contributed by atoms with Gasteiger partial charge in [-0.1, -0.05) is 29.8 Å². The average Bonchev–Trinajstić information content (AvgIpc) is 3.19. The molecule has 0 spiro atoms. The first kappa shape index (κ1) is 23.4. The van der Waals surface area contributed by atoms with Crippen LogP contribution in [-0.2, 0) is 13.0 Å². The average molecular weight is 458 g/mol. The lowest BCUT2D eigenvalue weighted by Gasteiger charge is -2.12. The number of benzene rings is 3. The summed E-state index contributed by atoms with van der Waals surface area (Å²) < 4.78 is 13.3. The third-order valence-corrected chi connectivity index (χ3v) is 5.85. The molecule has 176 valence electrons. The molecule has 4 aromatic rings. The van der Waals surface area contributed by atoms with E-state index >= 15 is 0 Å². The van der Waals surface area contributed by atoms with Gasteiger partial charge in [0.05, 0.1) is 24.8 Å². The zero-order valence-electron chi connectivity index (χ0n) is 20.0. The van der Waals surface area contributed by atoms with Crippen molar-refractivity contribution in [3.05, 3.63) is 89.2 Å². The fraction of sp³-hybridized carbons (Fsp3) is 0.286. The number of amides is 1. The minimum absolute atomic E-state index is 0.0481. The first-order valence-corrected chi connectivity index (χ1v) is 11.6. The van der Waals surface area contributed by atoms with Gasteiger partial charge < -0.3 is 19.4 Å². The molecule has 0 unspecified atom stereocenters. The highest BCUT2D eigenvalue weighted by Crippen LogP contribution is 2.19. The van der Waals surface area contributed by atoms with E-state index in [2.05, 4.69) is 16.0 Å². The highest BCUT2D eigenvalue weighted by atomic mass is 16.5. The van der Waals surface area contributed by atoms with Crippen LogP contribution in [0.4, 0.5) is 0 Å². The fourth-order valence-corrected chi connectivity index (χ4v) is 4.10. The van der Waals surface area contributed by atoms with E-state index in [0.29, 0.717) is 19.6 Å². The number of rotatable bonds is 10. The second-order valence-electron chi connectivity index (χ2n) is 8.37. The van der Waals surface area contributed by atoms with Crippen molar-refractivity contribution in [1.29, 1.82) is 0 Å². The number of methoxy groups -OCH3 is 1. The summed E-state index contributed by atoms with van der Waals surface area (Å²) in [7, 11) is 1.65. The van der Waals surface area contributed by atoms with E-state index < -0.39 is 0 Å². The van der Waals surface area contributed by atoms with Gasteiger partial charge >= 0.3 is 0 Å². The van der Waals surface area contributed by atoms with Gasteiger partial charge in [-0.2, -0.15) is 0 Å². The van der Waals surface area contributed by atoms with Crippen molar-refractivity contribution < 1.29 is 14.3 Å². The molecular formula is C28H31N3O3. The Balaban J connectivity index is 1.37. The Kier molecular flexibility index (Phi) is 7.48. The Morgan fingerprint density at radius 1 is 1.00 bits per heavy atom. The summed E-state index contributed by atoms with van der Waals surface area (Å²) in [4.78, 5) is 17.5. The fourth-order valence-electron chi connectivity index (χ4n) is 4.10. The van der Waals surface area contributed by atoms with Gasteiger partial charge in [-0.05, 0) is 68.3 Å². The van der Waals surface area contributed by atoms with Crippen LogP contribution in [0.15, 0.2) is 66.7 Å². The Labute approximate surface area is 200 Å². The summed E-state index contributed by atoms with van der Waals surface area (Å²) in [6.45, 7) is 5.91. The molecule has 0 fully saturated rings. The van der Waals surface area contributed by atoms with E-state index in [9.17, 15) is 4.79 Å². The second kappa shape index (κ2) is 10.9. The number of aromatic nitrogens is 2. The molecule has 0 atom stereocenters. The van der Waals surface area contributed by atoms with Crippen LogP contribution in [0.5, 0.6) is 11.5 Å². The smallest absolute Gasteiger partial charge is 0.251 e. The summed E-state index contributed by atoms with van der Waals surface area (Å²) in [5.74, 6) is 2.55. The van der Waals surface area contributed by atoms with Crippen LogP contribution < -0.4 is 14.8 Å². The molecular weight excluding hydrogens is 426 g/mol. The molecule has 0 radical (unpaired) electrons. The van der Waals surface area contributed by atoms with Crippen molar-refractivity contribution in [1.82, 2.24) is 14.9 Å². The number of para-hydroxylation sites is 2. The predicted molar refractivity (Wildman–Crippen MR) is 135 cm³/mol. The van der Waals surface area contributed by atoms with Gasteiger partial charge in [0.25, 0.3) is 5.91 Å². The lowest BCUT2D eigenvalue weighted by molar-refractivity contribution is 0.0953. The number of carbonyl (C=O) groups excluding carboxylic acids is 1. The standard InChI is InChI=1S/C28H31N3O3/c1-20-9-14-24(21(2)19-20)28(32)29-16-15-27-30-25-7-4-5-8-26(25)31(27)17-6-18-34-23-12-10-22(33-3)11-13-23/h4-5,7-14,19H,6,15-18H2,1-3H3,(H,29,32). The van der Waals surface area contributed by atoms with Gasteiger partial charge in [0, 0.05) is 25.1 Å². The van der Waals surface area contributed by atoms with E-state index in [4.69, 9.17) is 14.5 Å². The van der Waals surface area contributed by atoms with Gasteiger partial charge in [0.2, 0.25) is 0 Å². The number of nitrogens with zero attached hydrogens (tertiary/aromatic N) is 2. The SMILES string of the molecule is COc1ccc(OCCCn2c(CCNC(=O)c3ccc(C)cc3C)nc3ccccc32)cc1. The molecule has 1 amide bonds. The Bertz CT molecular complexity index is 1260. The summed E-state index contributed by atoms with van der Waals surface area (Å²) in [6, 6.07) is 21.6. The van der Waals surface area contributed by atoms with Crippen LogP contribution in [0.25, 0.3) is 11.0 Å². The van der Waals surface area contributed by atoms with Crippen molar-refractivity contribution in [3.63, 3.8) is 0 Å². The molecule has 0 aliphatic rings. The normalized spacial score (nSPS) is 10.9. The quantitative estimate of drug-likeness (QED) is 0.336. The second-order valence-corrected chi connectivity index (χ2v) is 8.37. The molecule has 1 N–H and O–H groups in total. The lowest BCUT2D eigenvalue weighted by Crippen LogP contribution is -2.27. The molecule has 0 bridgehead atoms. The molecule has 0 saturated heterocycles. The number of hydrogen-bond acceptors (Lipinski definition) is 4. The van der Waals surface area contributed by atoms with Gasteiger partial charge in [0.1, 0.15) is 17.3 Å². The largest absolute Gasteiger partial charge is 0.497 e. The zero-order valence-corrected chi connectivity index (χ0v) is 20.0. The topological polar surface area (TPSA) is 65.4 Å². The monoisotopic (exact) mass is 457 g/mol. The maximum Gasteiger partial charge on any atom is 0.251 e. The minimum atomic E-state index is -0.0481. The maximum atomic E-state index is 12.6. The summed E-state index contributed by atoms with van der Waals surface area (Å²) in [6.07, 6.45) is 1.50. The van der Waals surface area contributed by atoms with Crippen LogP contribution in [0.3, 0.4) is 0 Å². The van der Waals surface area contributed by atoms with Crippen molar-refractivity contribution in [2.75, 3.05) is 20.3 Å². The summed E-state index contributed by atoms with van der Waals surface area (Å²) in [5, 5.41) is 3.05. The Morgan fingerprint density at radius 2 is 1.76 bits per heavy atom. The highest BCUT2D eigenvalue weighted by Gasteiger charge is 2.12. The van der Waals surface area contributed by atoms with Crippen molar-refractivity contribution in [2.45, 2.75) is 33.2 Å². The van der Waals surface area contributed by atoms with E-state index in [1.165, 1.54) is 0 Å². The predicted octanol–water partition coefficient (Wildman–Crippen LogP) is 5.10. The van der Waals surface area contributed by atoms with E-state index in [0.717, 1.165) is 58.0 Å². The molecule has 6 heteroatoms. The van der Waals surface area contributed by atoms with Crippen LogP contribution in [0, 0.1) is 13.8 Å². The highest BCUT2D eigenvalue weighted by molar-refractivity contribution is 5.95. The van der Waals surface area contributed by atoms with Crippen LogP contribution in [0.2, 0.25) is 0 Å². The number of nitrogens with one attached hydrogen (secondary N) is 1. The van der Waals surface area contributed by atoms with Gasteiger partial charge in [0.15, 0.2) is 0 Å². The third-order valence-electron chi connectivity index (χ3n) is 5.85. The number of imidazole rings is 1. The molecule has 0 saturated carbocycles. The van der Waals surface area contributed by atoms with Crippen molar-refractivity contribution in [3.8, 4) is 11.5 Å². The number of carbonyl (C=O) groups is 1. The molecule has 6 nitrogen and oxygen atoms in total. The van der Waals surface area contributed by atoms with E-state index in [1.807, 2.05) is 74.5 Å². The molecule has 3 aromatic carbocycles. The lowest BCUT2D eigenvalue weighted by atomic mass is 10.1. The van der Waals surface area contributed by atoms with Gasteiger partial charge in [-0.3, -0.25) is 4.79 Å².